The summed E-state index contributed by atoms with van der Waals surface area (Å²) < 4.78 is 0. The molecule has 0 spiro atoms. The fourth-order valence-electron chi connectivity index (χ4n) is 3.19. The normalized spacial score (nSPS) is 12.2. The first-order chi connectivity index (χ1) is 13.6. The molecule has 0 aliphatic carbocycles. The topological polar surface area (TPSA) is 125 Å². The second-order valence-electron chi connectivity index (χ2n) is 8.06. The first-order valence-electron chi connectivity index (χ1n) is 9.88. The van der Waals surface area contributed by atoms with Crippen LogP contribution in [-0.2, 0) is 16.0 Å². The van der Waals surface area contributed by atoms with Gasteiger partial charge in [0.2, 0.25) is 5.91 Å². The van der Waals surface area contributed by atoms with Crippen molar-refractivity contribution < 1.29 is 19.6 Å². The molecule has 0 fully saturated rings. The minimum atomic E-state index is -0.792. The Hall–Kier alpha value is -2.61. The van der Waals surface area contributed by atoms with E-state index in [0.29, 0.717) is 32.2 Å². The van der Waals surface area contributed by atoms with Gasteiger partial charge in [-0.1, -0.05) is 43.7 Å². The van der Waals surface area contributed by atoms with E-state index < -0.39 is 23.4 Å². The average Bonchev–Trinajstić information content (AvgIpc) is 2.68. The quantitative estimate of drug-likeness (QED) is 0.255. The van der Waals surface area contributed by atoms with E-state index in [1.165, 1.54) is 10.5 Å². The smallest absolute Gasteiger partial charge is 0.312 e. The Kier molecular flexibility index (Phi) is 9.61. The monoisotopic (exact) mass is 406 g/mol. The number of rotatable bonds is 11. The third kappa shape index (κ3) is 8.11. The van der Waals surface area contributed by atoms with Crippen LogP contribution in [0, 0.1) is 12.3 Å². The highest BCUT2D eigenvalue weighted by Crippen LogP contribution is 2.27. The average molecular weight is 407 g/mol. The summed E-state index contributed by atoms with van der Waals surface area (Å²) >= 11 is 0. The van der Waals surface area contributed by atoms with Gasteiger partial charge in [-0.25, -0.2) is 10.3 Å². The van der Waals surface area contributed by atoms with E-state index in [0.717, 1.165) is 12.0 Å². The summed E-state index contributed by atoms with van der Waals surface area (Å²) in [6, 6.07) is 6.82. The summed E-state index contributed by atoms with van der Waals surface area (Å²) in [5.41, 5.74) is 8.35. The van der Waals surface area contributed by atoms with E-state index in [-0.39, 0.29) is 5.91 Å². The molecule has 4 amide bonds. The minimum absolute atomic E-state index is 0.159. The highest BCUT2D eigenvalue weighted by Gasteiger charge is 2.35. The molecule has 162 valence electrons. The predicted octanol–water partition coefficient (Wildman–Crippen LogP) is 2.12. The molecule has 1 aromatic carbocycles. The van der Waals surface area contributed by atoms with Crippen molar-refractivity contribution in [2.45, 2.75) is 58.9 Å². The van der Waals surface area contributed by atoms with Crippen molar-refractivity contribution in [2.24, 2.45) is 11.1 Å². The number of unbranched alkanes of at least 4 members (excludes halogenated alkanes) is 1. The molecule has 0 unspecified atom stereocenters. The number of primary amides is 1. The molecule has 0 aliphatic rings. The maximum absolute atomic E-state index is 13.1. The Morgan fingerprint density at radius 2 is 1.79 bits per heavy atom. The lowest BCUT2D eigenvalue weighted by molar-refractivity contribution is -0.149. The summed E-state index contributed by atoms with van der Waals surface area (Å²) in [4.78, 5) is 37.3. The summed E-state index contributed by atoms with van der Waals surface area (Å²) in [7, 11) is 1.58. The second-order valence-corrected chi connectivity index (χ2v) is 8.06. The van der Waals surface area contributed by atoms with Crippen molar-refractivity contribution in [1.29, 1.82) is 0 Å². The Morgan fingerprint density at radius 1 is 1.17 bits per heavy atom. The summed E-state index contributed by atoms with van der Waals surface area (Å²) in [5, 5.41) is 11.6. The van der Waals surface area contributed by atoms with Crippen LogP contribution in [0.25, 0.3) is 0 Å². The summed E-state index contributed by atoms with van der Waals surface area (Å²) in [5.74, 6) is -0.786. The maximum atomic E-state index is 13.1. The maximum Gasteiger partial charge on any atom is 0.312 e. The highest BCUT2D eigenvalue weighted by atomic mass is 16.5. The second kappa shape index (κ2) is 11.4. The fraction of sp³-hybridized carbons (Fsp3) is 0.571. The van der Waals surface area contributed by atoms with Gasteiger partial charge in [-0.15, -0.1) is 0 Å². The van der Waals surface area contributed by atoms with E-state index in [1.54, 1.807) is 12.5 Å². The number of carbonyl (C=O) groups is 3. The Balaban J connectivity index is 2.70. The zero-order chi connectivity index (χ0) is 22.0. The number of amides is 4. The molecular weight excluding hydrogens is 372 g/mol. The molecule has 1 aromatic rings. The van der Waals surface area contributed by atoms with Crippen molar-refractivity contribution in [1.82, 2.24) is 15.7 Å². The van der Waals surface area contributed by atoms with Crippen molar-refractivity contribution in [3.63, 3.8) is 0 Å². The number of hydrogen-bond donors (Lipinski definition) is 4. The van der Waals surface area contributed by atoms with Crippen molar-refractivity contribution in [3.8, 4) is 0 Å². The highest BCUT2D eigenvalue weighted by molar-refractivity contribution is 5.89. The summed E-state index contributed by atoms with van der Waals surface area (Å²) in [6.45, 7) is 6.15. The molecule has 0 saturated carbocycles. The van der Waals surface area contributed by atoms with Crippen LogP contribution >= 0.6 is 0 Å². The van der Waals surface area contributed by atoms with Gasteiger partial charge in [0.1, 0.15) is 6.04 Å². The van der Waals surface area contributed by atoms with Crippen LogP contribution in [0.4, 0.5) is 4.79 Å². The van der Waals surface area contributed by atoms with Gasteiger partial charge in [0.05, 0.1) is 0 Å². The number of nitrogens with zero attached hydrogens (tertiary/aromatic N) is 1. The lowest BCUT2D eigenvalue weighted by atomic mass is 9.84. The van der Waals surface area contributed by atoms with Crippen molar-refractivity contribution in [3.05, 3.63) is 35.4 Å². The molecule has 1 rings (SSSR count). The molecule has 5 N–H and O–H groups in total. The van der Waals surface area contributed by atoms with Gasteiger partial charge < -0.3 is 16.0 Å². The van der Waals surface area contributed by atoms with Crippen LogP contribution in [0.1, 0.15) is 50.7 Å². The lowest BCUT2D eigenvalue weighted by Gasteiger charge is -2.34. The third-order valence-electron chi connectivity index (χ3n) is 5.14. The van der Waals surface area contributed by atoms with Gasteiger partial charge in [0, 0.05) is 19.0 Å². The van der Waals surface area contributed by atoms with E-state index in [2.05, 4.69) is 17.4 Å². The number of hydroxylamine groups is 1. The molecule has 0 aliphatic heterocycles. The first kappa shape index (κ1) is 24.4. The van der Waals surface area contributed by atoms with Gasteiger partial charge in [0.25, 0.3) is 5.91 Å². The Labute approximate surface area is 172 Å². The molecular formula is C21H34N4O4. The SMILES string of the molecule is Cc1ccc(CCC(C)(C)C(=O)N(C)[C@H](CCCCNC(N)=O)C(=O)NO)cc1. The van der Waals surface area contributed by atoms with Gasteiger partial charge in [-0.2, -0.15) is 0 Å². The van der Waals surface area contributed by atoms with Crippen LogP contribution in [0.15, 0.2) is 24.3 Å². The Morgan fingerprint density at radius 3 is 2.34 bits per heavy atom. The zero-order valence-electron chi connectivity index (χ0n) is 17.8. The molecule has 8 nitrogen and oxygen atoms in total. The molecule has 0 bridgehead atoms. The Bertz CT molecular complexity index is 688. The van der Waals surface area contributed by atoms with Crippen LogP contribution in [-0.4, -0.2) is 47.6 Å². The van der Waals surface area contributed by atoms with E-state index in [9.17, 15) is 14.4 Å². The fourth-order valence-corrected chi connectivity index (χ4v) is 3.19. The third-order valence-corrected chi connectivity index (χ3v) is 5.14. The van der Waals surface area contributed by atoms with Crippen LogP contribution < -0.4 is 16.5 Å². The number of benzene rings is 1. The van der Waals surface area contributed by atoms with Gasteiger partial charge in [-0.3, -0.25) is 14.8 Å². The molecule has 0 heterocycles. The van der Waals surface area contributed by atoms with Crippen LogP contribution in [0.5, 0.6) is 0 Å². The lowest BCUT2D eigenvalue weighted by Crippen LogP contribution is -2.51. The number of nitrogens with one attached hydrogen (secondary N) is 2. The standard InChI is InChI=1S/C21H34N4O4/c1-15-8-10-16(11-9-15)12-13-21(2,3)19(27)25(4)17(18(26)24-29)7-5-6-14-23-20(22)28/h8-11,17,29H,5-7,12-14H2,1-4H3,(H,24,26)(H3,22,23,28)/t17-/m1/s1. The van der Waals surface area contributed by atoms with Gasteiger partial charge in [-0.05, 0) is 44.6 Å². The van der Waals surface area contributed by atoms with E-state index in [1.807, 2.05) is 32.9 Å². The number of likely N-dealkylation sites (N-methyl/N-ethyl adjacent to an activating group) is 1. The van der Waals surface area contributed by atoms with Crippen molar-refractivity contribution >= 4 is 17.8 Å². The predicted molar refractivity (Wildman–Crippen MR) is 111 cm³/mol. The molecule has 1 atom stereocenters. The van der Waals surface area contributed by atoms with Gasteiger partial charge >= 0.3 is 6.03 Å². The molecule has 29 heavy (non-hydrogen) atoms. The zero-order valence-corrected chi connectivity index (χ0v) is 17.8. The largest absolute Gasteiger partial charge is 0.352 e. The minimum Gasteiger partial charge on any atom is -0.352 e. The molecule has 0 saturated heterocycles. The van der Waals surface area contributed by atoms with E-state index in [4.69, 9.17) is 10.9 Å². The van der Waals surface area contributed by atoms with Crippen LogP contribution in [0.3, 0.4) is 0 Å². The number of aryl methyl sites for hydroxylation is 2. The molecule has 8 heteroatoms. The van der Waals surface area contributed by atoms with Crippen molar-refractivity contribution in [2.75, 3.05) is 13.6 Å². The van der Waals surface area contributed by atoms with Crippen LogP contribution in [0.2, 0.25) is 0 Å². The van der Waals surface area contributed by atoms with Gasteiger partial charge in [0.15, 0.2) is 0 Å². The number of carbonyl (C=O) groups excluding carboxylic acids is 3. The number of urea groups is 1. The first-order valence-corrected chi connectivity index (χ1v) is 9.88. The summed E-state index contributed by atoms with van der Waals surface area (Å²) in [6.07, 6.45) is 2.94. The molecule has 0 aromatic heterocycles. The van der Waals surface area contributed by atoms with E-state index >= 15 is 0 Å². The number of nitrogens with two attached hydrogens (primary N) is 1. The number of hydrogen-bond acceptors (Lipinski definition) is 4. The molecule has 0 radical (unpaired) electrons.